The van der Waals surface area contributed by atoms with Crippen LogP contribution in [0.4, 0.5) is 0 Å². The largest absolute Gasteiger partial charge is 0.490 e. The average Bonchev–Trinajstić information content (AvgIpc) is 2.58. The molecule has 0 amide bonds. The summed E-state index contributed by atoms with van der Waals surface area (Å²) in [5, 5.41) is 0. The molecule has 1 unspecified atom stereocenters. The molecule has 0 N–H and O–H groups in total. The fraction of sp³-hybridized carbons (Fsp3) is 0.909. The van der Waals surface area contributed by atoms with Crippen LogP contribution in [0.2, 0.25) is 0 Å². The number of hydrogen-bond donors (Lipinski definition) is 0. The van der Waals surface area contributed by atoms with Crippen molar-refractivity contribution >= 4 is 0 Å². The summed E-state index contributed by atoms with van der Waals surface area (Å²) < 4.78 is 18.6. The van der Waals surface area contributed by atoms with Crippen LogP contribution in [0, 0.1) is 0 Å². The standard InChI is InChI=1S/C22H44O3/c1-7-12-14-15-16-17-19-22(18-9-3,25-20-13-8-2)21(6,23-10-4)24-11-5/h13,20H,7-12,14-19H2,1-6H3. The topological polar surface area (TPSA) is 27.7 Å². The Bertz CT molecular complexity index is 321. The Kier molecular flexibility index (Phi) is 14.3. The number of rotatable bonds is 17. The minimum atomic E-state index is -0.714. The van der Waals surface area contributed by atoms with Gasteiger partial charge in [-0.05, 0) is 46.5 Å². The van der Waals surface area contributed by atoms with E-state index < -0.39 is 11.4 Å². The second kappa shape index (κ2) is 14.6. The maximum atomic E-state index is 6.38. The zero-order valence-corrected chi connectivity index (χ0v) is 17.9. The number of allylic oxidation sites excluding steroid dienone is 1. The van der Waals surface area contributed by atoms with Crippen LogP contribution in [0.25, 0.3) is 0 Å². The lowest BCUT2D eigenvalue weighted by molar-refractivity contribution is -0.314. The van der Waals surface area contributed by atoms with Gasteiger partial charge < -0.3 is 14.2 Å². The molecule has 0 spiro atoms. The highest BCUT2D eigenvalue weighted by molar-refractivity contribution is 4.96. The quantitative estimate of drug-likeness (QED) is 0.159. The van der Waals surface area contributed by atoms with Crippen LogP contribution >= 0.6 is 0 Å². The van der Waals surface area contributed by atoms with Gasteiger partial charge in [-0.25, -0.2) is 0 Å². The second-order valence-electron chi connectivity index (χ2n) is 6.97. The lowest BCUT2D eigenvalue weighted by Crippen LogP contribution is -2.57. The van der Waals surface area contributed by atoms with Gasteiger partial charge in [-0.3, -0.25) is 0 Å². The lowest BCUT2D eigenvalue weighted by Gasteiger charge is -2.47. The third-order valence-electron chi connectivity index (χ3n) is 4.88. The SMILES string of the molecule is CCC=COC(CCC)(CCCCCCCC)C(C)(OCC)OCC. The fourth-order valence-electron chi connectivity index (χ4n) is 3.53. The van der Waals surface area contributed by atoms with Crippen LogP contribution in [0.5, 0.6) is 0 Å². The first-order chi connectivity index (χ1) is 12.1. The maximum Gasteiger partial charge on any atom is 0.205 e. The molecule has 0 aromatic rings. The number of unbranched alkanes of at least 4 members (excludes halogenated alkanes) is 5. The summed E-state index contributed by atoms with van der Waals surface area (Å²) >= 11 is 0. The molecule has 0 radical (unpaired) electrons. The van der Waals surface area contributed by atoms with E-state index in [0.717, 1.165) is 32.1 Å². The molecule has 0 aromatic carbocycles. The van der Waals surface area contributed by atoms with Crippen LogP contribution < -0.4 is 0 Å². The predicted molar refractivity (Wildman–Crippen MR) is 108 cm³/mol. The fourth-order valence-corrected chi connectivity index (χ4v) is 3.53. The van der Waals surface area contributed by atoms with Gasteiger partial charge in [-0.1, -0.05) is 65.4 Å². The van der Waals surface area contributed by atoms with Crippen LogP contribution in [0.3, 0.4) is 0 Å². The molecule has 0 aliphatic heterocycles. The van der Waals surface area contributed by atoms with Crippen LogP contribution in [0.15, 0.2) is 12.3 Å². The molecule has 150 valence electrons. The summed E-state index contributed by atoms with van der Waals surface area (Å²) in [5.41, 5.74) is -0.426. The van der Waals surface area contributed by atoms with Gasteiger partial charge in [0.25, 0.3) is 0 Å². The van der Waals surface area contributed by atoms with Gasteiger partial charge in [-0.2, -0.15) is 0 Å². The van der Waals surface area contributed by atoms with E-state index in [4.69, 9.17) is 14.2 Å². The maximum absolute atomic E-state index is 6.38. The highest BCUT2D eigenvalue weighted by Crippen LogP contribution is 2.40. The molecule has 0 saturated carbocycles. The molecule has 0 heterocycles. The van der Waals surface area contributed by atoms with E-state index in [1.165, 1.54) is 32.1 Å². The molecule has 25 heavy (non-hydrogen) atoms. The number of ether oxygens (including phenoxy) is 3. The van der Waals surface area contributed by atoms with E-state index in [1.54, 1.807) is 0 Å². The third kappa shape index (κ3) is 8.59. The van der Waals surface area contributed by atoms with E-state index in [-0.39, 0.29) is 0 Å². The lowest BCUT2D eigenvalue weighted by atomic mass is 9.83. The van der Waals surface area contributed by atoms with Crippen molar-refractivity contribution in [1.82, 2.24) is 0 Å². The highest BCUT2D eigenvalue weighted by atomic mass is 16.7. The Labute approximate surface area is 157 Å². The van der Waals surface area contributed by atoms with Crippen molar-refractivity contribution in [2.45, 2.75) is 117 Å². The summed E-state index contributed by atoms with van der Waals surface area (Å²) in [6.45, 7) is 14.0. The molecule has 0 saturated heterocycles. The van der Waals surface area contributed by atoms with Gasteiger partial charge in [0.2, 0.25) is 5.79 Å². The van der Waals surface area contributed by atoms with Gasteiger partial charge >= 0.3 is 0 Å². The van der Waals surface area contributed by atoms with Crippen molar-refractivity contribution in [2.75, 3.05) is 13.2 Å². The zero-order chi connectivity index (χ0) is 19.0. The summed E-state index contributed by atoms with van der Waals surface area (Å²) in [4.78, 5) is 0. The van der Waals surface area contributed by atoms with E-state index in [9.17, 15) is 0 Å². The minimum absolute atomic E-state index is 0.426. The molecule has 0 aliphatic carbocycles. The summed E-state index contributed by atoms with van der Waals surface area (Å²) in [6, 6.07) is 0. The van der Waals surface area contributed by atoms with Crippen LogP contribution in [-0.4, -0.2) is 24.6 Å². The molecule has 0 aliphatic rings. The van der Waals surface area contributed by atoms with Crippen molar-refractivity contribution in [3.8, 4) is 0 Å². The molecule has 3 heteroatoms. The van der Waals surface area contributed by atoms with Gasteiger partial charge in [0.1, 0.15) is 0 Å². The van der Waals surface area contributed by atoms with Crippen LogP contribution in [0.1, 0.15) is 106 Å². The van der Waals surface area contributed by atoms with Crippen molar-refractivity contribution in [1.29, 1.82) is 0 Å². The zero-order valence-electron chi connectivity index (χ0n) is 17.9. The van der Waals surface area contributed by atoms with Gasteiger partial charge in [-0.15, -0.1) is 0 Å². The van der Waals surface area contributed by atoms with E-state index in [1.807, 2.05) is 20.1 Å². The molecule has 0 rings (SSSR count). The van der Waals surface area contributed by atoms with Gasteiger partial charge in [0, 0.05) is 13.2 Å². The third-order valence-corrected chi connectivity index (χ3v) is 4.88. The Morgan fingerprint density at radius 3 is 1.84 bits per heavy atom. The molecule has 3 nitrogen and oxygen atoms in total. The van der Waals surface area contributed by atoms with E-state index in [2.05, 4.69) is 33.8 Å². The molecular formula is C22H44O3. The predicted octanol–water partition coefficient (Wildman–Crippen LogP) is 7.01. The first-order valence-corrected chi connectivity index (χ1v) is 10.7. The normalized spacial score (nSPS) is 14.8. The smallest absolute Gasteiger partial charge is 0.205 e. The van der Waals surface area contributed by atoms with Crippen molar-refractivity contribution < 1.29 is 14.2 Å². The molecular weight excluding hydrogens is 312 g/mol. The van der Waals surface area contributed by atoms with Gasteiger partial charge in [0.15, 0.2) is 5.60 Å². The Hall–Kier alpha value is -0.540. The summed E-state index contributed by atoms with van der Waals surface area (Å²) in [6.07, 6.45) is 15.5. The second-order valence-corrected chi connectivity index (χ2v) is 6.97. The highest BCUT2D eigenvalue weighted by Gasteiger charge is 2.51. The van der Waals surface area contributed by atoms with Gasteiger partial charge in [0.05, 0.1) is 6.26 Å². The average molecular weight is 357 g/mol. The summed E-state index contributed by atoms with van der Waals surface area (Å²) in [5.74, 6) is -0.714. The van der Waals surface area contributed by atoms with Crippen molar-refractivity contribution in [3.63, 3.8) is 0 Å². The Balaban J connectivity index is 5.21. The van der Waals surface area contributed by atoms with Crippen LogP contribution in [-0.2, 0) is 14.2 Å². The first-order valence-electron chi connectivity index (χ1n) is 10.7. The monoisotopic (exact) mass is 356 g/mol. The van der Waals surface area contributed by atoms with E-state index in [0.29, 0.717) is 13.2 Å². The van der Waals surface area contributed by atoms with Crippen molar-refractivity contribution in [2.24, 2.45) is 0 Å². The Morgan fingerprint density at radius 2 is 1.32 bits per heavy atom. The first kappa shape index (κ1) is 24.5. The minimum Gasteiger partial charge on any atom is -0.490 e. The van der Waals surface area contributed by atoms with Crippen molar-refractivity contribution in [3.05, 3.63) is 12.3 Å². The molecule has 1 atom stereocenters. The molecule has 0 aromatic heterocycles. The van der Waals surface area contributed by atoms with E-state index >= 15 is 0 Å². The molecule has 0 fully saturated rings. The number of hydrogen-bond acceptors (Lipinski definition) is 3. The summed E-state index contributed by atoms with van der Waals surface area (Å²) in [7, 11) is 0. The Morgan fingerprint density at radius 1 is 0.720 bits per heavy atom. The molecule has 0 bridgehead atoms.